The average molecular weight is 227 g/mol. The first-order valence-corrected chi connectivity index (χ1v) is 5.88. The molecule has 0 aliphatic carbocycles. The van der Waals surface area contributed by atoms with Crippen LogP contribution in [0.2, 0.25) is 0 Å². The highest BCUT2D eigenvalue weighted by Crippen LogP contribution is 2.28. The molecule has 1 aliphatic rings. The van der Waals surface area contributed by atoms with E-state index in [2.05, 4.69) is 6.07 Å². The summed E-state index contributed by atoms with van der Waals surface area (Å²) in [6.45, 7) is 1.52. The zero-order valence-corrected chi connectivity index (χ0v) is 9.43. The fraction of sp³-hybridized carbons (Fsp3) is 0.500. The number of halogens is 1. The Bertz CT molecular complexity index is 325. The summed E-state index contributed by atoms with van der Waals surface area (Å²) in [5.74, 6) is 2.57. The standard InChI is InChI=1S/C12H15ClO2/c13-6-2-8-14-11-4-5-12-10(9-11)3-1-7-15-12/h4-5,9H,1-3,6-8H2. The number of rotatable bonds is 4. The number of aryl methyl sites for hydroxylation is 1. The van der Waals surface area contributed by atoms with Crippen molar-refractivity contribution in [1.82, 2.24) is 0 Å². The van der Waals surface area contributed by atoms with Crippen molar-refractivity contribution < 1.29 is 9.47 Å². The van der Waals surface area contributed by atoms with Gasteiger partial charge in [-0.05, 0) is 43.0 Å². The van der Waals surface area contributed by atoms with E-state index < -0.39 is 0 Å². The Morgan fingerprint density at radius 3 is 3.20 bits per heavy atom. The van der Waals surface area contributed by atoms with Crippen molar-refractivity contribution in [2.75, 3.05) is 19.1 Å². The van der Waals surface area contributed by atoms with Gasteiger partial charge in [-0.25, -0.2) is 0 Å². The van der Waals surface area contributed by atoms with Crippen LogP contribution in [-0.2, 0) is 6.42 Å². The molecule has 1 aromatic rings. The molecule has 3 heteroatoms. The van der Waals surface area contributed by atoms with Gasteiger partial charge in [-0.15, -0.1) is 11.6 Å². The third kappa shape index (κ3) is 2.78. The first kappa shape index (κ1) is 10.6. The molecular weight excluding hydrogens is 212 g/mol. The Morgan fingerprint density at radius 1 is 1.40 bits per heavy atom. The molecule has 0 amide bonds. The number of alkyl halides is 1. The molecule has 1 aromatic carbocycles. The van der Waals surface area contributed by atoms with E-state index in [0.29, 0.717) is 12.5 Å². The summed E-state index contributed by atoms with van der Waals surface area (Å²) in [6.07, 6.45) is 3.06. The number of benzene rings is 1. The summed E-state index contributed by atoms with van der Waals surface area (Å²) in [4.78, 5) is 0. The van der Waals surface area contributed by atoms with Crippen molar-refractivity contribution >= 4 is 11.6 Å². The average Bonchev–Trinajstić information content (AvgIpc) is 2.29. The topological polar surface area (TPSA) is 18.5 Å². The van der Waals surface area contributed by atoms with E-state index in [4.69, 9.17) is 21.1 Å². The van der Waals surface area contributed by atoms with E-state index in [9.17, 15) is 0 Å². The Hall–Kier alpha value is -0.890. The SMILES string of the molecule is ClCCCOc1ccc2c(c1)CCCO2. The maximum Gasteiger partial charge on any atom is 0.122 e. The molecule has 0 saturated carbocycles. The highest BCUT2D eigenvalue weighted by molar-refractivity contribution is 6.17. The highest BCUT2D eigenvalue weighted by Gasteiger charge is 2.10. The predicted octanol–water partition coefficient (Wildman–Crippen LogP) is 3.02. The van der Waals surface area contributed by atoms with Crippen molar-refractivity contribution in [3.63, 3.8) is 0 Å². The van der Waals surface area contributed by atoms with Crippen LogP contribution < -0.4 is 9.47 Å². The van der Waals surface area contributed by atoms with Crippen LogP contribution in [0.1, 0.15) is 18.4 Å². The van der Waals surface area contributed by atoms with Gasteiger partial charge in [-0.3, -0.25) is 0 Å². The largest absolute Gasteiger partial charge is 0.494 e. The molecule has 1 heterocycles. The van der Waals surface area contributed by atoms with Crippen LogP contribution in [0.25, 0.3) is 0 Å². The molecule has 82 valence electrons. The second kappa shape index (κ2) is 5.26. The Labute approximate surface area is 95.1 Å². The quantitative estimate of drug-likeness (QED) is 0.581. The van der Waals surface area contributed by atoms with E-state index in [1.807, 2.05) is 12.1 Å². The van der Waals surface area contributed by atoms with E-state index in [1.165, 1.54) is 5.56 Å². The van der Waals surface area contributed by atoms with Crippen LogP contribution in [0.3, 0.4) is 0 Å². The maximum absolute atomic E-state index is 5.58. The maximum atomic E-state index is 5.58. The van der Waals surface area contributed by atoms with Crippen molar-refractivity contribution in [1.29, 1.82) is 0 Å². The van der Waals surface area contributed by atoms with E-state index in [0.717, 1.165) is 37.4 Å². The van der Waals surface area contributed by atoms with Crippen LogP contribution >= 0.6 is 11.6 Å². The summed E-state index contributed by atoms with van der Waals surface area (Å²) in [6, 6.07) is 6.02. The fourth-order valence-electron chi connectivity index (χ4n) is 1.67. The second-order valence-electron chi connectivity index (χ2n) is 3.61. The molecule has 1 aliphatic heterocycles. The zero-order valence-electron chi connectivity index (χ0n) is 8.67. The predicted molar refractivity (Wildman–Crippen MR) is 61.1 cm³/mol. The lowest BCUT2D eigenvalue weighted by molar-refractivity contribution is 0.284. The third-order valence-electron chi connectivity index (χ3n) is 2.43. The molecule has 0 atom stereocenters. The van der Waals surface area contributed by atoms with Crippen LogP contribution in [0.4, 0.5) is 0 Å². The van der Waals surface area contributed by atoms with Gasteiger partial charge in [0.25, 0.3) is 0 Å². The van der Waals surface area contributed by atoms with Crippen molar-refractivity contribution in [2.24, 2.45) is 0 Å². The molecule has 2 rings (SSSR count). The van der Waals surface area contributed by atoms with Gasteiger partial charge in [0.05, 0.1) is 13.2 Å². The normalized spacial score (nSPS) is 14.2. The lowest BCUT2D eigenvalue weighted by Crippen LogP contribution is -2.08. The molecule has 0 spiro atoms. The molecule has 0 radical (unpaired) electrons. The van der Waals surface area contributed by atoms with Gasteiger partial charge in [0, 0.05) is 5.88 Å². The Morgan fingerprint density at radius 2 is 2.33 bits per heavy atom. The second-order valence-corrected chi connectivity index (χ2v) is 3.99. The summed E-state index contributed by atoms with van der Waals surface area (Å²) < 4.78 is 11.1. The summed E-state index contributed by atoms with van der Waals surface area (Å²) in [7, 11) is 0. The summed E-state index contributed by atoms with van der Waals surface area (Å²) >= 11 is 5.58. The molecule has 0 aromatic heterocycles. The van der Waals surface area contributed by atoms with Crippen molar-refractivity contribution in [3.8, 4) is 11.5 Å². The van der Waals surface area contributed by atoms with Gasteiger partial charge in [0.15, 0.2) is 0 Å². The van der Waals surface area contributed by atoms with Gasteiger partial charge in [0.2, 0.25) is 0 Å². The van der Waals surface area contributed by atoms with E-state index in [1.54, 1.807) is 0 Å². The first-order valence-electron chi connectivity index (χ1n) is 5.34. The molecule has 0 bridgehead atoms. The number of fused-ring (bicyclic) bond motifs is 1. The molecule has 0 unspecified atom stereocenters. The van der Waals surface area contributed by atoms with Gasteiger partial charge >= 0.3 is 0 Å². The monoisotopic (exact) mass is 226 g/mol. The van der Waals surface area contributed by atoms with Gasteiger partial charge in [-0.1, -0.05) is 0 Å². The number of hydrogen-bond donors (Lipinski definition) is 0. The number of ether oxygens (including phenoxy) is 2. The van der Waals surface area contributed by atoms with Gasteiger partial charge in [-0.2, -0.15) is 0 Å². The van der Waals surface area contributed by atoms with Crippen LogP contribution in [0.15, 0.2) is 18.2 Å². The Kier molecular flexibility index (Phi) is 3.73. The molecule has 2 nitrogen and oxygen atoms in total. The summed E-state index contributed by atoms with van der Waals surface area (Å²) in [5.41, 5.74) is 1.25. The highest BCUT2D eigenvalue weighted by atomic mass is 35.5. The molecule has 15 heavy (non-hydrogen) atoms. The van der Waals surface area contributed by atoms with Gasteiger partial charge in [0.1, 0.15) is 11.5 Å². The fourth-order valence-corrected chi connectivity index (χ4v) is 1.78. The lowest BCUT2D eigenvalue weighted by atomic mass is 10.1. The van der Waals surface area contributed by atoms with Crippen LogP contribution in [0, 0.1) is 0 Å². The Balaban J connectivity index is 2.00. The van der Waals surface area contributed by atoms with Crippen molar-refractivity contribution in [2.45, 2.75) is 19.3 Å². The van der Waals surface area contributed by atoms with Crippen LogP contribution in [-0.4, -0.2) is 19.1 Å². The molecular formula is C12H15ClO2. The zero-order chi connectivity index (χ0) is 10.5. The minimum atomic E-state index is 0.647. The minimum Gasteiger partial charge on any atom is -0.494 e. The third-order valence-corrected chi connectivity index (χ3v) is 2.69. The first-order chi connectivity index (χ1) is 7.40. The number of hydrogen-bond acceptors (Lipinski definition) is 2. The lowest BCUT2D eigenvalue weighted by Gasteiger charge is -2.17. The van der Waals surface area contributed by atoms with Gasteiger partial charge < -0.3 is 9.47 Å². The van der Waals surface area contributed by atoms with E-state index in [-0.39, 0.29) is 0 Å². The van der Waals surface area contributed by atoms with Crippen LogP contribution in [0.5, 0.6) is 11.5 Å². The smallest absolute Gasteiger partial charge is 0.122 e. The van der Waals surface area contributed by atoms with E-state index >= 15 is 0 Å². The van der Waals surface area contributed by atoms with Crippen molar-refractivity contribution in [3.05, 3.63) is 23.8 Å². The minimum absolute atomic E-state index is 0.647. The molecule has 0 N–H and O–H groups in total. The summed E-state index contributed by atoms with van der Waals surface area (Å²) in [5, 5.41) is 0. The molecule has 0 fully saturated rings. The molecule has 0 saturated heterocycles.